The van der Waals surface area contributed by atoms with E-state index >= 15 is 0 Å². The zero-order valence-corrected chi connectivity index (χ0v) is 16.9. The van der Waals surface area contributed by atoms with Crippen molar-refractivity contribution in [3.05, 3.63) is 60.2 Å². The summed E-state index contributed by atoms with van der Waals surface area (Å²) in [6, 6.07) is 8.69. The maximum absolute atomic E-state index is 10.2. The maximum Gasteiger partial charge on any atom is 0.174 e. The van der Waals surface area contributed by atoms with Gasteiger partial charge < -0.3 is 10.2 Å². The van der Waals surface area contributed by atoms with Gasteiger partial charge in [-0.1, -0.05) is 34.6 Å². The number of nitrogens with zero attached hydrogens (tertiary/aromatic N) is 2. The number of rotatable bonds is 12. The molecule has 0 aromatic carbocycles. The molecule has 0 fully saturated rings. The molecule has 0 aliphatic carbocycles. The predicted molar refractivity (Wildman–Crippen MR) is 121 cm³/mol. The van der Waals surface area contributed by atoms with Crippen molar-refractivity contribution < 1.29 is 19.3 Å². The number of pyridine rings is 2. The fourth-order valence-corrected chi connectivity index (χ4v) is 3.27. The average Bonchev–Trinajstić information content (AvgIpc) is 2.68. The number of hydrogen-bond donors (Lipinski definition) is 2. The van der Waals surface area contributed by atoms with Crippen molar-refractivity contribution in [2.75, 3.05) is 0 Å². The third-order valence-electron chi connectivity index (χ3n) is 5.16. The smallest absolute Gasteiger partial charge is 0.174 e. The quantitative estimate of drug-likeness (QED) is 0.416. The molecule has 0 amide bonds. The minimum absolute atomic E-state index is 0. The lowest BCUT2D eigenvalue weighted by Gasteiger charge is -2.09. The van der Waals surface area contributed by atoms with Crippen LogP contribution in [0.1, 0.15) is 71.4 Å². The third-order valence-corrected chi connectivity index (χ3v) is 5.16. The van der Waals surface area contributed by atoms with Crippen molar-refractivity contribution in [1.29, 1.82) is 0 Å². The Morgan fingerprint density at radius 2 is 1.24 bits per heavy atom. The van der Waals surface area contributed by atoms with Crippen LogP contribution in [0, 0.1) is 0 Å². The summed E-state index contributed by atoms with van der Waals surface area (Å²) in [5.41, 5.74) is 2.73. The van der Waals surface area contributed by atoms with Gasteiger partial charge in [0.25, 0.3) is 0 Å². The Kier molecular flexibility index (Phi) is 14.2. The first-order chi connectivity index (χ1) is 13.1. The number of aliphatic hydroxyl groups excluding tert-OH is 2. The molecule has 29 heavy (non-hydrogen) atoms. The molecule has 0 aliphatic rings. The summed E-state index contributed by atoms with van der Waals surface area (Å²) >= 11 is 0. The second-order valence-electron chi connectivity index (χ2n) is 7.63. The summed E-state index contributed by atoms with van der Waals surface area (Å²) in [5, 5.41) is 19.8. The lowest BCUT2D eigenvalue weighted by molar-refractivity contribution is -0.703. The van der Waals surface area contributed by atoms with E-state index in [1.807, 2.05) is 14.0 Å². The normalized spacial score (nSPS) is 12.6. The van der Waals surface area contributed by atoms with E-state index in [2.05, 4.69) is 58.2 Å². The predicted octanol–water partition coefficient (Wildman–Crippen LogP) is 3.94. The van der Waals surface area contributed by atoms with Crippen molar-refractivity contribution in [2.24, 2.45) is 7.05 Å². The van der Waals surface area contributed by atoms with Gasteiger partial charge in [-0.3, -0.25) is 0 Å². The number of aromatic nitrogens is 2. The van der Waals surface area contributed by atoms with Crippen molar-refractivity contribution in [3.8, 4) is 0 Å². The lowest BCUT2D eigenvalue weighted by Crippen LogP contribution is -2.39. The summed E-state index contributed by atoms with van der Waals surface area (Å²) < 4.78 is 4.12. The van der Waals surface area contributed by atoms with E-state index in [-0.39, 0.29) is 27.1 Å². The molecule has 2 rings (SSSR count). The zero-order chi connectivity index (χ0) is 19.5. The Morgan fingerprint density at radius 3 is 1.76 bits per heavy atom. The van der Waals surface area contributed by atoms with Crippen LogP contribution in [-0.4, -0.2) is 22.4 Å². The summed E-state index contributed by atoms with van der Waals surface area (Å²) in [6.07, 6.45) is 15.5. The highest BCUT2D eigenvalue weighted by molar-refractivity contribution is 5.10. The molecule has 0 spiro atoms. The lowest BCUT2D eigenvalue weighted by atomic mass is 10.1. The summed E-state index contributed by atoms with van der Waals surface area (Å²) in [7, 11) is 2.04. The highest BCUT2D eigenvalue weighted by Gasteiger charge is 2.11. The first-order valence-electron chi connectivity index (χ1n) is 10.3. The molecule has 164 valence electrons. The van der Waals surface area contributed by atoms with Crippen LogP contribution in [0.3, 0.4) is 0 Å². The summed E-state index contributed by atoms with van der Waals surface area (Å²) in [5.74, 6) is 0. The molecule has 4 heteroatoms. The monoisotopic (exact) mass is 404 g/mol. The molecule has 2 aromatic rings. The first-order valence-corrected chi connectivity index (χ1v) is 10.3. The largest absolute Gasteiger partial charge is 0.393 e. The number of aliphatic hydroxyl groups is 2. The minimum Gasteiger partial charge on any atom is -0.393 e. The van der Waals surface area contributed by atoms with Gasteiger partial charge in [-0.25, -0.2) is 9.13 Å². The molecule has 0 saturated heterocycles. The van der Waals surface area contributed by atoms with Crippen molar-refractivity contribution >= 4 is 0 Å². The van der Waals surface area contributed by atoms with Crippen LogP contribution in [0.5, 0.6) is 0 Å². The van der Waals surface area contributed by atoms with Crippen LogP contribution in [-0.2, 0) is 26.4 Å². The van der Waals surface area contributed by atoms with E-state index in [1.165, 1.54) is 11.1 Å². The fourth-order valence-electron chi connectivity index (χ4n) is 3.27. The van der Waals surface area contributed by atoms with Crippen LogP contribution in [0.25, 0.3) is 0 Å². The van der Waals surface area contributed by atoms with Gasteiger partial charge in [-0.05, 0) is 49.7 Å². The molecule has 4 nitrogen and oxygen atoms in total. The molecule has 2 heterocycles. The number of aryl methyl sites for hydroxylation is 3. The van der Waals surface area contributed by atoms with Gasteiger partial charge in [0.2, 0.25) is 0 Å². The second-order valence-corrected chi connectivity index (χ2v) is 7.63. The highest BCUT2D eigenvalue weighted by Crippen LogP contribution is 2.09. The Morgan fingerprint density at radius 1 is 0.759 bits per heavy atom. The van der Waals surface area contributed by atoms with Crippen LogP contribution in [0.15, 0.2) is 49.1 Å². The highest BCUT2D eigenvalue weighted by atomic mass is 16.3. The third kappa shape index (κ3) is 11.1. The Bertz CT molecular complexity index is 641. The van der Waals surface area contributed by atoms with Crippen LogP contribution in [0.2, 0.25) is 0 Å². The first kappa shape index (κ1) is 27.2. The molecule has 2 atom stereocenters. The van der Waals surface area contributed by atoms with Gasteiger partial charge in [-0.2, -0.15) is 0 Å². The molecule has 2 N–H and O–H groups in total. The summed E-state index contributed by atoms with van der Waals surface area (Å²) in [6.45, 7) is 2.64. The molecular formula is C25H44N2O2+2. The van der Waals surface area contributed by atoms with Gasteiger partial charge in [-0.15, -0.1) is 0 Å². The maximum atomic E-state index is 10.2. The van der Waals surface area contributed by atoms with Gasteiger partial charge >= 0.3 is 0 Å². The number of unbranched alkanes of at least 4 members (excludes halogenated alkanes) is 1. The minimum atomic E-state index is -0.320. The van der Waals surface area contributed by atoms with Gasteiger partial charge in [0.05, 0.1) is 6.10 Å². The van der Waals surface area contributed by atoms with Crippen LogP contribution in [0.4, 0.5) is 0 Å². The van der Waals surface area contributed by atoms with Crippen molar-refractivity contribution in [3.63, 3.8) is 0 Å². The molecule has 0 saturated carbocycles. The van der Waals surface area contributed by atoms with Gasteiger partial charge in [0.1, 0.15) is 13.2 Å². The Labute approximate surface area is 178 Å². The second kappa shape index (κ2) is 15.1. The molecule has 2 unspecified atom stereocenters. The number of hydrogen-bond acceptors (Lipinski definition) is 2. The standard InChI is InChI=1S/C23H36N2O2.2CH4/c1-3-22(26)9-4-5-10-23(27)19-25-17-13-21(14-18-25)8-6-7-20-11-15-24(2)16-12-20;;/h11-18,22-23,26-27H,3-10,19H2,1-2H3;2*1H4/q+2;;. The van der Waals surface area contributed by atoms with Crippen molar-refractivity contribution in [2.45, 2.75) is 91.9 Å². The Balaban J connectivity index is 0.00000392. The topological polar surface area (TPSA) is 48.2 Å². The van der Waals surface area contributed by atoms with E-state index in [4.69, 9.17) is 0 Å². The summed E-state index contributed by atoms with van der Waals surface area (Å²) in [4.78, 5) is 0. The van der Waals surface area contributed by atoms with E-state index in [9.17, 15) is 10.2 Å². The van der Waals surface area contributed by atoms with Crippen LogP contribution < -0.4 is 9.13 Å². The molecule has 0 bridgehead atoms. The van der Waals surface area contributed by atoms with E-state index in [1.54, 1.807) is 0 Å². The SMILES string of the molecule is C.C.CCC(O)CCCCC(O)C[n+]1ccc(CCCc2cc[n+](C)cc2)cc1. The molecule has 0 radical (unpaired) electrons. The van der Waals surface area contributed by atoms with E-state index in [0.29, 0.717) is 6.54 Å². The molecule has 2 aromatic heterocycles. The van der Waals surface area contributed by atoms with Gasteiger partial charge in [0, 0.05) is 24.3 Å². The average molecular weight is 405 g/mol. The molecule has 0 aliphatic heterocycles. The van der Waals surface area contributed by atoms with E-state index < -0.39 is 0 Å². The van der Waals surface area contributed by atoms with E-state index in [0.717, 1.165) is 51.4 Å². The van der Waals surface area contributed by atoms with Crippen LogP contribution >= 0.6 is 0 Å². The molecular weight excluding hydrogens is 360 g/mol. The Hall–Kier alpha value is -1.78. The fraction of sp³-hybridized carbons (Fsp3) is 0.600. The zero-order valence-electron chi connectivity index (χ0n) is 16.9. The van der Waals surface area contributed by atoms with Crippen molar-refractivity contribution in [1.82, 2.24) is 0 Å². The van der Waals surface area contributed by atoms with Gasteiger partial charge in [0.15, 0.2) is 31.3 Å².